The van der Waals surface area contributed by atoms with Gasteiger partial charge in [-0.1, -0.05) is 36.0 Å². The van der Waals surface area contributed by atoms with Crippen LogP contribution in [0.2, 0.25) is 0 Å². The lowest BCUT2D eigenvalue weighted by molar-refractivity contribution is 0.102. The van der Waals surface area contributed by atoms with Gasteiger partial charge in [-0.25, -0.2) is 4.98 Å². The minimum atomic E-state index is -0.190. The molecule has 140 valence electrons. The van der Waals surface area contributed by atoms with Crippen molar-refractivity contribution in [1.29, 1.82) is 5.26 Å². The molecule has 1 aromatic heterocycles. The average molecular weight is 414 g/mol. The molecule has 1 heterocycles. The minimum Gasteiger partial charge on any atom is -0.322 e. The molecule has 0 spiro atoms. The molecular formula is C23H15N3OS2. The number of carbonyl (C=O) groups is 1. The van der Waals surface area contributed by atoms with Gasteiger partial charge in [0.1, 0.15) is 11.1 Å². The Morgan fingerprint density at radius 3 is 2.41 bits per heavy atom. The van der Waals surface area contributed by atoms with Crippen LogP contribution in [0.1, 0.15) is 15.9 Å². The van der Waals surface area contributed by atoms with Gasteiger partial charge >= 0.3 is 0 Å². The van der Waals surface area contributed by atoms with Gasteiger partial charge in [-0.05, 0) is 48.5 Å². The fourth-order valence-corrected chi connectivity index (χ4v) is 4.44. The van der Waals surface area contributed by atoms with Crippen molar-refractivity contribution in [2.24, 2.45) is 0 Å². The van der Waals surface area contributed by atoms with Gasteiger partial charge in [0, 0.05) is 32.6 Å². The summed E-state index contributed by atoms with van der Waals surface area (Å²) in [5, 5.41) is 15.1. The lowest BCUT2D eigenvalue weighted by atomic mass is 10.2. The average Bonchev–Trinajstić information content (AvgIpc) is 3.30. The van der Waals surface area contributed by atoms with E-state index >= 15 is 0 Å². The molecule has 4 rings (SSSR count). The van der Waals surface area contributed by atoms with Crippen molar-refractivity contribution in [3.05, 3.63) is 95.5 Å². The van der Waals surface area contributed by atoms with E-state index in [1.165, 1.54) is 11.8 Å². The maximum atomic E-state index is 12.9. The fraction of sp³-hybridized carbons (Fsp3) is 0. The van der Waals surface area contributed by atoms with E-state index in [9.17, 15) is 10.1 Å². The summed E-state index contributed by atoms with van der Waals surface area (Å²) < 4.78 is 0. The van der Waals surface area contributed by atoms with E-state index in [0.29, 0.717) is 16.8 Å². The van der Waals surface area contributed by atoms with Crippen LogP contribution >= 0.6 is 23.1 Å². The predicted octanol–water partition coefficient (Wildman–Crippen LogP) is 6.09. The van der Waals surface area contributed by atoms with Crippen molar-refractivity contribution in [2.75, 3.05) is 5.32 Å². The number of thiazole rings is 1. The van der Waals surface area contributed by atoms with Crippen LogP contribution in [-0.4, -0.2) is 10.9 Å². The van der Waals surface area contributed by atoms with Crippen molar-refractivity contribution in [1.82, 2.24) is 4.98 Å². The van der Waals surface area contributed by atoms with E-state index in [2.05, 4.69) is 16.4 Å². The summed E-state index contributed by atoms with van der Waals surface area (Å²) in [5.74, 6) is -0.190. The number of nitrogens with one attached hydrogen (secondary N) is 1. The molecule has 6 heteroatoms. The normalized spacial score (nSPS) is 10.3. The van der Waals surface area contributed by atoms with E-state index in [1.54, 1.807) is 29.7 Å². The molecule has 4 nitrogen and oxygen atoms in total. The first-order valence-corrected chi connectivity index (χ1v) is 10.5. The molecule has 0 aliphatic rings. The number of benzene rings is 3. The summed E-state index contributed by atoms with van der Waals surface area (Å²) in [6.07, 6.45) is 1.77. The first-order valence-electron chi connectivity index (χ1n) is 8.82. The highest BCUT2D eigenvalue weighted by Gasteiger charge is 2.14. The highest BCUT2D eigenvalue weighted by Crippen LogP contribution is 2.33. The summed E-state index contributed by atoms with van der Waals surface area (Å²) in [6.45, 7) is 0. The van der Waals surface area contributed by atoms with E-state index in [4.69, 9.17) is 0 Å². The molecule has 1 amide bonds. The monoisotopic (exact) mass is 413 g/mol. The summed E-state index contributed by atoms with van der Waals surface area (Å²) in [4.78, 5) is 18.8. The lowest BCUT2D eigenvalue weighted by Gasteiger charge is -2.11. The molecule has 0 atom stereocenters. The Hall–Kier alpha value is -3.40. The molecular weight excluding hydrogens is 398 g/mol. The Morgan fingerprint density at radius 2 is 1.69 bits per heavy atom. The molecule has 0 aliphatic carbocycles. The maximum Gasteiger partial charge on any atom is 0.256 e. The zero-order chi connectivity index (χ0) is 20.1. The number of hydrogen-bond donors (Lipinski definition) is 1. The first-order chi connectivity index (χ1) is 14.2. The van der Waals surface area contributed by atoms with Gasteiger partial charge in [-0.3, -0.25) is 4.79 Å². The zero-order valence-electron chi connectivity index (χ0n) is 15.2. The van der Waals surface area contributed by atoms with Crippen molar-refractivity contribution in [3.8, 4) is 16.6 Å². The third kappa shape index (κ3) is 4.37. The van der Waals surface area contributed by atoms with Gasteiger partial charge in [0.2, 0.25) is 0 Å². The zero-order valence-corrected chi connectivity index (χ0v) is 16.8. The Kier molecular flexibility index (Phi) is 5.71. The number of carbonyl (C=O) groups excluding carboxylic acids is 1. The smallest absolute Gasteiger partial charge is 0.256 e. The number of nitriles is 1. The molecule has 29 heavy (non-hydrogen) atoms. The first kappa shape index (κ1) is 18.9. The third-order valence-corrected chi connectivity index (χ3v) is 6.16. The topological polar surface area (TPSA) is 65.8 Å². The van der Waals surface area contributed by atoms with Crippen LogP contribution < -0.4 is 5.32 Å². The van der Waals surface area contributed by atoms with Gasteiger partial charge in [-0.15, -0.1) is 11.3 Å². The fourth-order valence-electron chi connectivity index (χ4n) is 2.77. The standard InChI is InChI=1S/C23H15N3OS2/c24-15-17-5-1-3-7-20(17)29-21-8-4-2-6-19(21)22(27)26-18-11-9-16(10-12-18)23-25-13-14-28-23/h1-14H,(H,26,27). The van der Waals surface area contributed by atoms with E-state index in [0.717, 1.165) is 20.4 Å². The van der Waals surface area contributed by atoms with Crippen LogP contribution in [0.15, 0.2) is 94.2 Å². The molecule has 3 aromatic carbocycles. The highest BCUT2D eigenvalue weighted by atomic mass is 32.2. The second kappa shape index (κ2) is 8.74. The molecule has 0 saturated carbocycles. The van der Waals surface area contributed by atoms with Gasteiger partial charge < -0.3 is 5.32 Å². The molecule has 0 bridgehead atoms. The summed E-state index contributed by atoms with van der Waals surface area (Å²) in [6, 6.07) is 24.6. The molecule has 0 radical (unpaired) electrons. The number of amides is 1. The summed E-state index contributed by atoms with van der Waals surface area (Å²) >= 11 is 2.99. The summed E-state index contributed by atoms with van der Waals surface area (Å²) in [5.41, 5.74) is 2.88. The van der Waals surface area contributed by atoms with Gasteiger partial charge in [0.15, 0.2) is 0 Å². The molecule has 1 N–H and O–H groups in total. The number of aromatic nitrogens is 1. The van der Waals surface area contributed by atoms with E-state index in [1.807, 2.05) is 66.0 Å². The Morgan fingerprint density at radius 1 is 0.966 bits per heavy atom. The van der Waals surface area contributed by atoms with Crippen molar-refractivity contribution in [2.45, 2.75) is 9.79 Å². The number of hydrogen-bond acceptors (Lipinski definition) is 5. The van der Waals surface area contributed by atoms with Gasteiger partial charge in [0.05, 0.1) is 11.1 Å². The quantitative estimate of drug-likeness (QED) is 0.430. The molecule has 0 aliphatic heterocycles. The van der Waals surface area contributed by atoms with Gasteiger partial charge in [-0.2, -0.15) is 5.26 Å². The van der Waals surface area contributed by atoms with Crippen LogP contribution in [0.3, 0.4) is 0 Å². The molecule has 0 fully saturated rings. The van der Waals surface area contributed by atoms with Crippen LogP contribution in [0.5, 0.6) is 0 Å². The number of rotatable bonds is 5. The highest BCUT2D eigenvalue weighted by molar-refractivity contribution is 7.99. The van der Waals surface area contributed by atoms with Gasteiger partial charge in [0.25, 0.3) is 5.91 Å². The van der Waals surface area contributed by atoms with E-state index in [-0.39, 0.29) is 5.91 Å². The molecule has 0 unspecified atom stereocenters. The largest absolute Gasteiger partial charge is 0.322 e. The number of nitrogens with zero attached hydrogens (tertiary/aromatic N) is 2. The van der Waals surface area contributed by atoms with Crippen LogP contribution in [-0.2, 0) is 0 Å². The van der Waals surface area contributed by atoms with Crippen LogP contribution in [0.4, 0.5) is 5.69 Å². The van der Waals surface area contributed by atoms with Crippen molar-refractivity contribution >= 4 is 34.7 Å². The van der Waals surface area contributed by atoms with Crippen molar-refractivity contribution < 1.29 is 4.79 Å². The second-order valence-corrected chi connectivity index (χ2v) is 8.05. The van der Waals surface area contributed by atoms with Crippen molar-refractivity contribution in [3.63, 3.8) is 0 Å². The molecule has 0 saturated heterocycles. The summed E-state index contributed by atoms with van der Waals surface area (Å²) in [7, 11) is 0. The number of anilines is 1. The maximum absolute atomic E-state index is 12.9. The third-order valence-electron chi connectivity index (χ3n) is 4.18. The Labute approximate surface area is 176 Å². The minimum absolute atomic E-state index is 0.190. The molecule has 4 aromatic rings. The van der Waals surface area contributed by atoms with Crippen LogP contribution in [0, 0.1) is 11.3 Å². The Bertz CT molecular complexity index is 1180. The predicted molar refractivity (Wildman–Crippen MR) is 117 cm³/mol. The Balaban J connectivity index is 1.54. The second-order valence-electron chi connectivity index (χ2n) is 6.07. The lowest BCUT2D eigenvalue weighted by Crippen LogP contribution is -2.12. The SMILES string of the molecule is N#Cc1ccccc1Sc1ccccc1C(=O)Nc1ccc(-c2nccs2)cc1. The van der Waals surface area contributed by atoms with E-state index < -0.39 is 0 Å². The van der Waals surface area contributed by atoms with Crippen LogP contribution in [0.25, 0.3) is 10.6 Å².